The molecular weight excluding hydrogens is 623 g/mol. The lowest BCUT2D eigenvalue weighted by molar-refractivity contribution is -0.121. The normalized spacial score (nSPS) is 17.1. The van der Waals surface area contributed by atoms with Crippen molar-refractivity contribution in [3.05, 3.63) is 154 Å². The van der Waals surface area contributed by atoms with Gasteiger partial charge in [-0.2, -0.15) is 5.10 Å². The smallest absolute Gasteiger partial charge is 0.229 e. The van der Waals surface area contributed by atoms with E-state index >= 15 is 0 Å². The molecule has 47 heavy (non-hydrogen) atoms. The Morgan fingerprint density at radius 3 is 1.85 bits per heavy atom. The molecule has 0 spiro atoms. The van der Waals surface area contributed by atoms with E-state index in [0.717, 1.165) is 51.6 Å². The van der Waals surface area contributed by atoms with Crippen LogP contribution in [0.4, 0.5) is 5.82 Å². The molecule has 1 saturated heterocycles. The number of hydrogen-bond acceptors (Lipinski definition) is 3. The fourth-order valence-corrected chi connectivity index (χ4v) is 7.63. The number of fused-ring (bicyclic) bond motifs is 1. The van der Waals surface area contributed by atoms with Gasteiger partial charge in [0.25, 0.3) is 0 Å². The second-order valence-electron chi connectivity index (χ2n) is 12.4. The summed E-state index contributed by atoms with van der Waals surface area (Å²) in [6.45, 7) is 2.91. The molecule has 2 heterocycles. The fourth-order valence-electron chi connectivity index (χ4n) is 7.01. The van der Waals surface area contributed by atoms with Gasteiger partial charge in [-0.25, -0.2) is 4.68 Å². The highest BCUT2D eigenvalue weighted by molar-refractivity contribution is 6.39. The van der Waals surface area contributed by atoms with Gasteiger partial charge in [-0.15, -0.1) is 0 Å². The molecular formula is C40H36Cl2N4O. The van der Waals surface area contributed by atoms with Gasteiger partial charge in [-0.3, -0.25) is 4.79 Å². The number of nitrogens with one attached hydrogen (secondary N) is 1. The first kappa shape index (κ1) is 31.2. The third-order valence-electron chi connectivity index (χ3n) is 9.63. The summed E-state index contributed by atoms with van der Waals surface area (Å²) < 4.78 is 2.07. The molecule has 0 bridgehead atoms. The lowest BCUT2D eigenvalue weighted by atomic mass is 9.77. The Morgan fingerprint density at radius 1 is 0.766 bits per heavy atom. The van der Waals surface area contributed by atoms with E-state index in [0.29, 0.717) is 28.4 Å². The minimum absolute atomic E-state index is 0.0267. The number of anilines is 1. The van der Waals surface area contributed by atoms with Crippen LogP contribution in [0.1, 0.15) is 36.5 Å². The molecule has 0 unspecified atom stereocenters. The molecule has 5 aromatic carbocycles. The predicted molar refractivity (Wildman–Crippen MR) is 193 cm³/mol. The van der Waals surface area contributed by atoms with Crippen LogP contribution in [0.2, 0.25) is 10.0 Å². The van der Waals surface area contributed by atoms with Crippen LogP contribution in [-0.2, 0) is 10.3 Å². The molecule has 0 radical (unpaired) electrons. The van der Waals surface area contributed by atoms with Gasteiger partial charge in [0.1, 0.15) is 5.54 Å². The summed E-state index contributed by atoms with van der Waals surface area (Å²) in [5.41, 5.74) is 4.71. The first-order valence-corrected chi connectivity index (χ1v) is 16.8. The highest BCUT2D eigenvalue weighted by Crippen LogP contribution is 2.45. The Kier molecular flexibility index (Phi) is 8.63. The van der Waals surface area contributed by atoms with Crippen molar-refractivity contribution in [2.75, 3.05) is 18.9 Å². The van der Waals surface area contributed by atoms with Crippen molar-refractivity contribution in [2.24, 2.45) is 5.92 Å². The standard InChI is InChI=1S/C40H36Cl2N4O/c1-27-21-22-29(26-45(27)2)39(47)43-38-33-25-28(37-34(41)19-12-20-35(37)42)23-24-36(33)46(44-38)40(30-13-6-3-7-14-30,31-15-8-4-9-16-31)32-17-10-5-11-18-32/h3-20,23-25,27,29H,21-22,26H2,1-2H3,(H,43,44,47)/t27-,29+/m0/s1. The van der Waals surface area contributed by atoms with Crippen molar-refractivity contribution in [2.45, 2.75) is 31.3 Å². The van der Waals surface area contributed by atoms with Crippen LogP contribution < -0.4 is 5.32 Å². The van der Waals surface area contributed by atoms with E-state index < -0.39 is 5.54 Å². The number of piperidine rings is 1. The number of benzene rings is 5. The van der Waals surface area contributed by atoms with Crippen molar-refractivity contribution in [3.8, 4) is 11.1 Å². The van der Waals surface area contributed by atoms with Crippen LogP contribution in [0, 0.1) is 5.92 Å². The van der Waals surface area contributed by atoms with Gasteiger partial charge in [0, 0.05) is 33.6 Å². The predicted octanol–water partition coefficient (Wildman–Crippen LogP) is 9.52. The third kappa shape index (κ3) is 5.63. The van der Waals surface area contributed by atoms with Gasteiger partial charge in [-0.05, 0) is 73.3 Å². The molecule has 7 heteroatoms. The first-order valence-electron chi connectivity index (χ1n) is 16.0. The second kappa shape index (κ2) is 13.0. The molecule has 1 fully saturated rings. The van der Waals surface area contributed by atoms with Gasteiger partial charge >= 0.3 is 0 Å². The van der Waals surface area contributed by atoms with Crippen molar-refractivity contribution in [1.29, 1.82) is 0 Å². The third-order valence-corrected chi connectivity index (χ3v) is 10.3. The van der Waals surface area contributed by atoms with Crippen molar-refractivity contribution >= 4 is 45.8 Å². The van der Waals surface area contributed by atoms with Gasteiger partial charge in [-0.1, -0.05) is 126 Å². The number of hydrogen-bond donors (Lipinski definition) is 1. The number of nitrogens with zero attached hydrogens (tertiary/aromatic N) is 3. The average molecular weight is 660 g/mol. The molecule has 2 atom stereocenters. The summed E-state index contributed by atoms with van der Waals surface area (Å²) in [6.07, 6.45) is 1.80. The van der Waals surface area contributed by atoms with E-state index in [1.54, 1.807) is 0 Å². The van der Waals surface area contributed by atoms with Crippen LogP contribution >= 0.6 is 23.2 Å². The monoisotopic (exact) mass is 658 g/mol. The van der Waals surface area contributed by atoms with Crippen LogP contribution in [0.15, 0.2) is 127 Å². The summed E-state index contributed by atoms with van der Waals surface area (Å²) in [5.74, 6) is 0.337. The molecule has 1 N–H and O–H groups in total. The van der Waals surface area contributed by atoms with E-state index in [1.165, 1.54) is 0 Å². The number of carbonyl (C=O) groups excluding carboxylic acids is 1. The van der Waals surface area contributed by atoms with Crippen LogP contribution in [0.5, 0.6) is 0 Å². The number of aromatic nitrogens is 2. The van der Waals surface area contributed by atoms with Gasteiger partial charge in [0.05, 0.1) is 11.4 Å². The SMILES string of the molecule is C[C@H]1CC[C@@H](C(=O)Nc2nn(C(c3ccccc3)(c3ccccc3)c3ccccc3)c3ccc(-c4c(Cl)cccc4Cl)cc23)CN1C. The molecule has 1 aromatic heterocycles. The zero-order valence-electron chi connectivity index (χ0n) is 26.4. The highest BCUT2D eigenvalue weighted by Gasteiger charge is 2.41. The summed E-state index contributed by atoms with van der Waals surface area (Å²) >= 11 is 13.4. The Bertz CT molecular complexity index is 1910. The maximum atomic E-state index is 14.0. The summed E-state index contributed by atoms with van der Waals surface area (Å²) in [4.78, 5) is 16.2. The number of rotatable bonds is 7. The Balaban J connectivity index is 1.50. The lowest BCUT2D eigenvalue weighted by Gasteiger charge is -2.37. The molecule has 5 nitrogen and oxygen atoms in total. The van der Waals surface area contributed by atoms with Crippen LogP contribution in [-0.4, -0.2) is 40.2 Å². The molecule has 6 aromatic rings. The van der Waals surface area contributed by atoms with Gasteiger partial charge in [0.15, 0.2) is 5.82 Å². The summed E-state index contributed by atoms with van der Waals surface area (Å²) in [5, 5.41) is 10.5. The number of carbonyl (C=O) groups is 1. The van der Waals surface area contributed by atoms with E-state index in [2.05, 4.69) is 108 Å². The minimum atomic E-state index is -0.866. The first-order chi connectivity index (χ1) is 22.9. The topological polar surface area (TPSA) is 50.2 Å². The average Bonchev–Trinajstić information content (AvgIpc) is 3.45. The molecule has 7 rings (SSSR count). The number of halogens is 2. The van der Waals surface area contributed by atoms with Gasteiger partial charge < -0.3 is 10.2 Å². The second-order valence-corrected chi connectivity index (χ2v) is 13.3. The Morgan fingerprint density at radius 2 is 1.32 bits per heavy atom. The van der Waals surface area contributed by atoms with Crippen molar-refractivity contribution in [1.82, 2.24) is 14.7 Å². The van der Waals surface area contributed by atoms with E-state index in [4.69, 9.17) is 28.3 Å². The number of amides is 1. The Hall–Kier alpha value is -4.42. The highest BCUT2D eigenvalue weighted by atomic mass is 35.5. The van der Waals surface area contributed by atoms with E-state index in [9.17, 15) is 4.79 Å². The molecule has 0 saturated carbocycles. The number of likely N-dealkylation sites (tertiary alicyclic amines) is 1. The van der Waals surface area contributed by atoms with Gasteiger partial charge in [0.2, 0.25) is 5.91 Å². The van der Waals surface area contributed by atoms with Crippen LogP contribution in [0.25, 0.3) is 22.0 Å². The van der Waals surface area contributed by atoms with Crippen LogP contribution in [0.3, 0.4) is 0 Å². The molecule has 1 aliphatic heterocycles. The molecule has 1 amide bonds. The molecule has 236 valence electrons. The van der Waals surface area contributed by atoms with E-state index in [1.807, 2.05) is 48.5 Å². The van der Waals surface area contributed by atoms with Crippen molar-refractivity contribution in [3.63, 3.8) is 0 Å². The molecule has 1 aliphatic rings. The zero-order valence-corrected chi connectivity index (χ0v) is 27.9. The maximum absolute atomic E-state index is 14.0. The summed E-state index contributed by atoms with van der Waals surface area (Å²) in [7, 11) is 2.09. The fraction of sp³-hybridized carbons (Fsp3) is 0.200. The minimum Gasteiger partial charge on any atom is -0.308 e. The molecule has 0 aliphatic carbocycles. The zero-order chi connectivity index (χ0) is 32.5. The largest absolute Gasteiger partial charge is 0.308 e. The lowest BCUT2D eigenvalue weighted by Crippen LogP contribution is -2.43. The summed E-state index contributed by atoms with van der Waals surface area (Å²) in [6, 6.07) is 43.4. The quantitative estimate of drug-likeness (QED) is 0.174. The maximum Gasteiger partial charge on any atom is 0.229 e. The Labute approximate surface area is 285 Å². The van der Waals surface area contributed by atoms with Crippen molar-refractivity contribution < 1.29 is 4.79 Å². The van der Waals surface area contributed by atoms with E-state index in [-0.39, 0.29) is 11.8 Å².